The second kappa shape index (κ2) is 7.11. The van der Waals surface area contributed by atoms with Crippen molar-refractivity contribution in [2.75, 3.05) is 11.9 Å². The molecule has 1 rings (SSSR count). The summed E-state index contributed by atoms with van der Waals surface area (Å²) in [6, 6.07) is 5.21. The van der Waals surface area contributed by atoms with Crippen LogP contribution in [0.15, 0.2) is 18.2 Å². The van der Waals surface area contributed by atoms with Crippen LogP contribution in [0.5, 0.6) is 0 Å². The van der Waals surface area contributed by atoms with Crippen LogP contribution in [0.1, 0.15) is 31.4 Å². The van der Waals surface area contributed by atoms with Gasteiger partial charge >= 0.3 is 12.0 Å². The van der Waals surface area contributed by atoms with Gasteiger partial charge in [0, 0.05) is 18.8 Å². The Kier molecular flexibility index (Phi) is 5.76. The van der Waals surface area contributed by atoms with Crippen LogP contribution in [0.25, 0.3) is 0 Å². The molecule has 0 bridgehead atoms. The number of carboxylic acid groups (broad SMARTS) is 1. The average molecular weight is 292 g/mol. The van der Waals surface area contributed by atoms with Gasteiger partial charge in [0.15, 0.2) is 0 Å². The molecule has 21 heavy (non-hydrogen) atoms. The molecule has 0 saturated carbocycles. The summed E-state index contributed by atoms with van der Waals surface area (Å²) >= 11 is 0. The van der Waals surface area contributed by atoms with Crippen molar-refractivity contribution in [1.82, 2.24) is 5.32 Å². The van der Waals surface area contributed by atoms with Crippen LogP contribution in [0.2, 0.25) is 0 Å². The summed E-state index contributed by atoms with van der Waals surface area (Å²) in [5.74, 6) is -0.860. The van der Waals surface area contributed by atoms with Gasteiger partial charge < -0.3 is 10.4 Å². The number of anilines is 1. The Hall–Kier alpha value is -2.04. The Morgan fingerprint density at radius 1 is 1.19 bits per heavy atom. The first-order chi connectivity index (χ1) is 9.70. The van der Waals surface area contributed by atoms with E-state index in [0.717, 1.165) is 16.8 Å². The van der Waals surface area contributed by atoms with E-state index in [2.05, 4.69) is 5.32 Å². The fourth-order valence-corrected chi connectivity index (χ4v) is 2.16. The van der Waals surface area contributed by atoms with Crippen molar-refractivity contribution in [3.05, 3.63) is 29.3 Å². The Morgan fingerprint density at radius 3 is 2.14 bits per heavy atom. The Labute approximate surface area is 126 Å². The van der Waals surface area contributed by atoms with Gasteiger partial charge in [-0.1, -0.05) is 19.9 Å². The Bertz CT molecular complexity index is 506. The van der Waals surface area contributed by atoms with Crippen LogP contribution < -0.4 is 10.2 Å². The first-order valence-corrected chi connectivity index (χ1v) is 7.05. The molecule has 5 heteroatoms. The molecule has 0 fully saturated rings. The molecule has 2 N–H and O–H groups in total. The van der Waals surface area contributed by atoms with E-state index in [1.165, 1.54) is 4.90 Å². The maximum Gasteiger partial charge on any atom is 0.321 e. The monoisotopic (exact) mass is 292 g/mol. The molecule has 5 nitrogen and oxygen atoms in total. The second-order valence-corrected chi connectivity index (χ2v) is 5.80. The van der Waals surface area contributed by atoms with Gasteiger partial charge in [0.2, 0.25) is 0 Å². The number of nitrogens with zero attached hydrogens (tertiary/aromatic N) is 1. The lowest BCUT2D eigenvalue weighted by molar-refractivity contribution is -0.137. The lowest BCUT2D eigenvalue weighted by Gasteiger charge is -2.25. The first kappa shape index (κ1) is 17.0. The molecule has 0 radical (unpaired) electrons. The molecule has 0 saturated heterocycles. The van der Waals surface area contributed by atoms with Gasteiger partial charge in [-0.2, -0.15) is 0 Å². The van der Waals surface area contributed by atoms with E-state index in [-0.39, 0.29) is 24.4 Å². The van der Waals surface area contributed by atoms with Crippen molar-refractivity contribution in [1.29, 1.82) is 0 Å². The molecule has 0 aliphatic heterocycles. The highest BCUT2D eigenvalue weighted by Gasteiger charge is 2.21. The zero-order valence-corrected chi connectivity index (χ0v) is 13.3. The number of carbonyl (C=O) groups excluding carboxylic acids is 1. The summed E-state index contributed by atoms with van der Waals surface area (Å²) in [6.45, 7) is 7.74. The van der Waals surface area contributed by atoms with Gasteiger partial charge in [-0.25, -0.2) is 4.79 Å². The number of aliphatic carboxylic acids is 1. The minimum atomic E-state index is -0.914. The van der Waals surface area contributed by atoms with Gasteiger partial charge in [0.25, 0.3) is 0 Å². The quantitative estimate of drug-likeness (QED) is 0.876. The summed E-state index contributed by atoms with van der Waals surface area (Å²) < 4.78 is 0. The zero-order chi connectivity index (χ0) is 16.2. The number of hydrogen-bond acceptors (Lipinski definition) is 2. The summed E-state index contributed by atoms with van der Waals surface area (Å²) in [5, 5.41) is 11.7. The number of nitrogens with one attached hydrogen (secondary N) is 1. The predicted octanol–water partition coefficient (Wildman–Crippen LogP) is 2.95. The molecular formula is C16H24N2O3. The van der Waals surface area contributed by atoms with Crippen LogP contribution >= 0.6 is 0 Å². The van der Waals surface area contributed by atoms with Gasteiger partial charge in [-0.3, -0.25) is 9.69 Å². The number of hydrogen-bond donors (Lipinski definition) is 2. The number of carbonyl (C=O) groups is 2. The molecule has 0 aromatic heterocycles. The van der Waals surface area contributed by atoms with Crippen LogP contribution in [-0.4, -0.2) is 30.2 Å². The van der Waals surface area contributed by atoms with Crippen molar-refractivity contribution >= 4 is 17.7 Å². The van der Waals surface area contributed by atoms with Gasteiger partial charge in [0.05, 0.1) is 6.42 Å². The van der Waals surface area contributed by atoms with Crippen molar-refractivity contribution in [3.63, 3.8) is 0 Å². The van der Waals surface area contributed by atoms with E-state index in [0.29, 0.717) is 0 Å². The molecule has 0 aliphatic rings. The van der Waals surface area contributed by atoms with E-state index in [1.54, 1.807) is 7.05 Å². The maximum absolute atomic E-state index is 12.3. The normalized spacial score (nSPS) is 12.1. The van der Waals surface area contributed by atoms with Crippen LogP contribution in [0.3, 0.4) is 0 Å². The van der Waals surface area contributed by atoms with Crippen LogP contribution in [0, 0.1) is 19.8 Å². The molecule has 0 aliphatic carbocycles. The standard InChI is InChI=1S/C16H24N2O3/c1-10(2)14(9-15(19)20)17-16(21)18(5)13-7-11(3)6-12(4)8-13/h6-8,10,14H,9H2,1-5H3,(H,17,21)(H,19,20). The second-order valence-electron chi connectivity index (χ2n) is 5.80. The maximum atomic E-state index is 12.3. The zero-order valence-electron chi connectivity index (χ0n) is 13.3. The lowest BCUT2D eigenvalue weighted by atomic mass is 10.0. The SMILES string of the molecule is Cc1cc(C)cc(N(C)C(=O)NC(CC(=O)O)C(C)C)c1. The highest BCUT2D eigenvalue weighted by atomic mass is 16.4. The molecule has 0 heterocycles. The molecule has 2 amide bonds. The number of aryl methyl sites for hydroxylation is 2. The van der Waals surface area contributed by atoms with Gasteiger partial charge in [-0.15, -0.1) is 0 Å². The average Bonchev–Trinajstić information content (AvgIpc) is 2.35. The number of rotatable bonds is 5. The van der Waals surface area contributed by atoms with Crippen molar-refractivity contribution < 1.29 is 14.7 Å². The number of benzene rings is 1. The van der Waals surface area contributed by atoms with Crippen molar-refractivity contribution in [2.24, 2.45) is 5.92 Å². The Balaban J connectivity index is 2.83. The van der Waals surface area contributed by atoms with Gasteiger partial charge in [0.1, 0.15) is 0 Å². The third kappa shape index (κ3) is 5.10. The van der Waals surface area contributed by atoms with Crippen molar-refractivity contribution in [3.8, 4) is 0 Å². The summed E-state index contributed by atoms with van der Waals surface area (Å²) in [7, 11) is 1.68. The highest BCUT2D eigenvalue weighted by molar-refractivity contribution is 5.92. The summed E-state index contributed by atoms with van der Waals surface area (Å²) in [5.41, 5.74) is 2.95. The number of amides is 2. The van der Waals surface area contributed by atoms with E-state index in [9.17, 15) is 9.59 Å². The molecule has 116 valence electrons. The smallest absolute Gasteiger partial charge is 0.321 e. The molecule has 1 atom stereocenters. The van der Waals surface area contributed by atoms with E-state index in [4.69, 9.17) is 5.11 Å². The topological polar surface area (TPSA) is 69.6 Å². The number of carboxylic acids is 1. The Morgan fingerprint density at radius 2 is 1.71 bits per heavy atom. The molecular weight excluding hydrogens is 268 g/mol. The van der Waals surface area contributed by atoms with Gasteiger partial charge in [-0.05, 0) is 43.0 Å². The van der Waals surface area contributed by atoms with Crippen LogP contribution in [-0.2, 0) is 4.79 Å². The fourth-order valence-electron chi connectivity index (χ4n) is 2.16. The van der Waals surface area contributed by atoms with Crippen molar-refractivity contribution in [2.45, 2.75) is 40.2 Å². The van der Waals surface area contributed by atoms with E-state index in [1.807, 2.05) is 45.9 Å². The highest BCUT2D eigenvalue weighted by Crippen LogP contribution is 2.18. The predicted molar refractivity (Wildman–Crippen MR) is 83.7 cm³/mol. The molecule has 0 spiro atoms. The van der Waals surface area contributed by atoms with E-state index < -0.39 is 5.97 Å². The molecule has 1 unspecified atom stereocenters. The minimum Gasteiger partial charge on any atom is -0.481 e. The first-order valence-electron chi connectivity index (χ1n) is 7.05. The minimum absolute atomic E-state index is 0.0534. The molecule has 1 aromatic carbocycles. The third-order valence-electron chi connectivity index (χ3n) is 3.41. The third-order valence-corrected chi connectivity index (χ3v) is 3.41. The summed E-state index contributed by atoms with van der Waals surface area (Å²) in [4.78, 5) is 24.7. The fraction of sp³-hybridized carbons (Fsp3) is 0.500. The lowest BCUT2D eigenvalue weighted by Crippen LogP contribution is -2.46. The largest absolute Gasteiger partial charge is 0.481 e. The summed E-state index contributed by atoms with van der Waals surface area (Å²) in [6.07, 6.45) is -0.0793. The van der Waals surface area contributed by atoms with E-state index >= 15 is 0 Å². The number of urea groups is 1. The van der Waals surface area contributed by atoms with Crippen LogP contribution in [0.4, 0.5) is 10.5 Å². The molecule has 1 aromatic rings.